The fraction of sp³-hybridized carbons (Fsp3) is 0.409. The van der Waals surface area contributed by atoms with Crippen molar-refractivity contribution in [1.82, 2.24) is 5.32 Å². The lowest BCUT2D eigenvalue weighted by molar-refractivity contribution is -0.128. The molecule has 1 N–H and O–H groups in total. The molecule has 4 nitrogen and oxygen atoms in total. The SMILES string of the molecule is CC[C@@H](Oc1ccc(C)c(C)c1)C(=O)NCCOc1ccc(C)c(C)c1. The van der Waals surface area contributed by atoms with Crippen LogP contribution in [0.5, 0.6) is 11.5 Å². The maximum atomic E-state index is 12.3. The molecule has 0 radical (unpaired) electrons. The molecule has 0 saturated heterocycles. The number of nitrogens with one attached hydrogen (secondary N) is 1. The summed E-state index contributed by atoms with van der Waals surface area (Å²) in [7, 11) is 0. The zero-order valence-electron chi connectivity index (χ0n) is 16.4. The Balaban J connectivity index is 1.81. The first-order chi connectivity index (χ1) is 12.4. The van der Waals surface area contributed by atoms with E-state index in [1.165, 1.54) is 16.7 Å². The summed E-state index contributed by atoms with van der Waals surface area (Å²) in [6, 6.07) is 11.9. The molecule has 0 aliphatic heterocycles. The summed E-state index contributed by atoms with van der Waals surface area (Å²) < 4.78 is 11.5. The second-order valence-electron chi connectivity index (χ2n) is 6.65. The first-order valence-corrected chi connectivity index (χ1v) is 9.12. The molecule has 2 aromatic rings. The lowest BCUT2D eigenvalue weighted by atomic mass is 10.1. The Morgan fingerprint density at radius 1 is 0.923 bits per heavy atom. The van der Waals surface area contributed by atoms with Crippen LogP contribution in [0.4, 0.5) is 0 Å². The highest BCUT2D eigenvalue weighted by Crippen LogP contribution is 2.19. The third-order valence-electron chi connectivity index (χ3n) is 4.57. The van der Waals surface area contributed by atoms with Crippen molar-refractivity contribution in [3.8, 4) is 11.5 Å². The van der Waals surface area contributed by atoms with E-state index in [1.54, 1.807) is 0 Å². The first kappa shape index (κ1) is 19.8. The smallest absolute Gasteiger partial charge is 0.261 e. The van der Waals surface area contributed by atoms with Crippen molar-refractivity contribution in [2.75, 3.05) is 13.2 Å². The Morgan fingerprint density at radius 2 is 1.50 bits per heavy atom. The number of aryl methyl sites for hydroxylation is 4. The fourth-order valence-electron chi connectivity index (χ4n) is 2.53. The van der Waals surface area contributed by atoms with E-state index in [9.17, 15) is 4.79 Å². The third kappa shape index (κ3) is 5.51. The minimum Gasteiger partial charge on any atom is -0.492 e. The van der Waals surface area contributed by atoms with Crippen LogP contribution < -0.4 is 14.8 Å². The summed E-state index contributed by atoms with van der Waals surface area (Å²) in [5, 5.41) is 2.89. The largest absolute Gasteiger partial charge is 0.492 e. The monoisotopic (exact) mass is 355 g/mol. The van der Waals surface area contributed by atoms with Gasteiger partial charge in [0.15, 0.2) is 6.10 Å². The van der Waals surface area contributed by atoms with Crippen LogP contribution in [-0.2, 0) is 4.79 Å². The molecule has 2 rings (SSSR count). The van der Waals surface area contributed by atoms with Crippen molar-refractivity contribution in [1.29, 1.82) is 0 Å². The predicted molar refractivity (Wildman–Crippen MR) is 105 cm³/mol. The topological polar surface area (TPSA) is 47.6 Å². The van der Waals surface area contributed by atoms with E-state index in [-0.39, 0.29) is 5.91 Å². The summed E-state index contributed by atoms with van der Waals surface area (Å²) in [5.41, 5.74) is 4.79. The number of carbonyl (C=O) groups is 1. The second-order valence-corrected chi connectivity index (χ2v) is 6.65. The lowest BCUT2D eigenvalue weighted by Crippen LogP contribution is -2.39. The highest BCUT2D eigenvalue weighted by Gasteiger charge is 2.18. The van der Waals surface area contributed by atoms with Gasteiger partial charge in [0.05, 0.1) is 6.54 Å². The van der Waals surface area contributed by atoms with E-state index in [0.717, 1.165) is 17.1 Å². The van der Waals surface area contributed by atoms with Gasteiger partial charge in [-0.05, 0) is 80.6 Å². The quantitative estimate of drug-likeness (QED) is 0.719. The Kier molecular flexibility index (Phi) is 7.07. The number of rotatable bonds is 8. The minimum atomic E-state index is -0.501. The minimum absolute atomic E-state index is 0.116. The highest BCUT2D eigenvalue weighted by molar-refractivity contribution is 5.81. The van der Waals surface area contributed by atoms with E-state index in [2.05, 4.69) is 26.1 Å². The molecule has 140 valence electrons. The molecule has 0 fully saturated rings. The van der Waals surface area contributed by atoms with Crippen LogP contribution >= 0.6 is 0 Å². The third-order valence-corrected chi connectivity index (χ3v) is 4.57. The standard InChI is InChI=1S/C22H29NO3/c1-6-21(26-20-10-8-16(3)18(5)14-20)22(24)23-11-12-25-19-9-7-15(2)17(4)13-19/h7-10,13-14,21H,6,11-12H2,1-5H3,(H,23,24)/t21-/m1/s1. The van der Waals surface area contributed by atoms with E-state index in [0.29, 0.717) is 19.6 Å². The van der Waals surface area contributed by atoms with Gasteiger partial charge in [0, 0.05) is 0 Å². The maximum absolute atomic E-state index is 12.3. The van der Waals surface area contributed by atoms with Crippen molar-refractivity contribution in [3.63, 3.8) is 0 Å². The number of carbonyl (C=O) groups excluding carboxylic acids is 1. The normalized spacial score (nSPS) is 11.7. The van der Waals surface area contributed by atoms with Crippen LogP contribution in [-0.4, -0.2) is 25.2 Å². The van der Waals surface area contributed by atoms with E-state index < -0.39 is 6.10 Å². The fourth-order valence-corrected chi connectivity index (χ4v) is 2.53. The second kappa shape index (κ2) is 9.27. The van der Waals surface area contributed by atoms with Crippen LogP contribution in [0.2, 0.25) is 0 Å². The van der Waals surface area contributed by atoms with Crippen LogP contribution in [0, 0.1) is 27.7 Å². The molecule has 0 spiro atoms. The number of benzene rings is 2. The van der Waals surface area contributed by atoms with Gasteiger partial charge in [0.25, 0.3) is 5.91 Å². The van der Waals surface area contributed by atoms with Gasteiger partial charge in [0.2, 0.25) is 0 Å². The molecule has 1 amide bonds. The number of ether oxygens (including phenoxy) is 2. The molecule has 4 heteroatoms. The molecular formula is C22H29NO3. The van der Waals surface area contributed by atoms with Gasteiger partial charge < -0.3 is 14.8 Å². The molecule has 0 aliphatic rings. The Bertz CT molecular complexity index is 755. The molecule has 0 heterocycles. The average Bonchev–Trinajstić information content (AvgIpc) is 2.62. The maximum Gasteiger partial charge on any atom is 0.261 e. The van der Waals surface area contributed by atoms with Crippen LogP contribution in [0.1, 0.15) is 35.6 Å². The van der Waals surface area contributed by atoms with Crippen LogP contribution in [0.25, 0.3) is 0 Å². The molecule has 0 bridgehead atoms. The molecule has 0 unspecified atom stereocenters. The lowest BCUT2D eigenvalue weighted by Gasteiger charge is -2.18. The van der Waals surface area contributed by atoms with Gasteiger partial charge in [-0.2, -0.15) is 0 Å². The van der Waals surface area contributed by atoms with Crippen molar-refractivity contribution >= 4 is 5.91 Å². The molecule has 1 atom stereocenters. The number of amides is 1. The van der Waals surface area contributed by atoms with Gasteiger partial charge >= 0.3 is 0 Å². The molecule has 0 aromatic heterocycles. The Hall–Kier alpha value is -2.49. The molecule has 0 aliphatic carbocycles. The molecular weight excluding hydrogens is 326 g/mol. The molecule has 26 heavy (non-hydrogen) atoms. The molecule has 0 saturated carbocycles. The highest BCUT2D eigenvalue weighted by atomic mass is 16.5. The van der Waals surface area contributed by atoms with Gasteiger partial charge in [0.1, 0.15) is 18.1 Å². The van der Waals surface area contributed by atoms with E-state index >= 15 is 0 Å². The summed E-state index contributed by atoms with van der Waals surface area (Å²) in [6.07, 6.45) is 0.107. The summed E-state index contributed by atoms with van der Waals surface area (Å²) >= 11 is 0. The van der Waals surface area contributed by atoms with Crippen molar-refractivity contribution in [2.24, 2.45) is 0 Å². The van der Waals surface area contributed by atoms with Crippen molar-refractivity contribution in [3.05, 3.63) is 58.7 Å². The van der Waals surface area contributed by atoms with Gasteiger partial charge in [-0.15, -0.1) is 0 Å². The Labute approximate surface area is 156 Å². The summed E-state index contributed by atoms with van der Waals surface area (Å²) in [5.74, 6) is 1.43. The predicted octanol–water partition coefficient (Wildman–Crippen LogP) is 4.27. The number of hydrogen-bond acceptors (Lipinski definition) is 3. The average molecular weight is 355 g/mol. The van der Waals surface area contributed by atoms with E-state index in [4.69, 9.17) is 9.47 Å². The molecule has 2 aromatic carbocycles. The first-order valence-electron chi connectivity index (χ1n) is 9.12. The van der Waals surface area contributed by atoms with Gasteiger partial charge in [-0.3, -0.25) is 4.79 Å². The van der Waals surface area contributed by atoms with Crippen molar-refractivity contribution in [2.45, 2.75) is 47.1 Å². The van der Waals surface area contributed by atoms with Crippen molar-refractivity contribution < 1.29 is 14.3 Å². The van der Waals surface area contributed by atoms with Crippen LogP contribution in [0.3, 0.4) is 0 Å². The zero-order valence-corrected chi connectivity index (χ0v) is 16.4. The van der Waals surface area contributed by atoms with Crippen LogP contribution in [0.15, 0.2) is 36.4 Å². The number of hydrogen-bond donors (Lipinski definition) is 1. The Morgan fingerprint density at radius 3 is 2.08 bits per heavy atom. The van der Waals surface area contributed by atoms with Gasteiger partial charge in [-0.25, -0.2) is 0 Å². The summed E-state index contributed by atoms with van der Waals surface area (Å²) in [4.78, 5) is 12.3. The summed E-state index contributed by atoms with van der Waals surface area (Å²) in [6.45, 7) is 11.0. The zero-order chi connectivity index (χ0) is 19.1. The van der Waals surface area contributed by atoms with E-state index in [1.807, 2.05) is 50.2 Å². The van der Waals surface area contributed by atoms with Gasteiger partial charge in [-0.1, -0.05) is 19.1 Å².